The van der Waals surface area contributed by atoms with Crippen LogP contribution in [0, 0.1) is 0 Å². The number of rotatable bonds is 4. The van der Waals surface area contributed by atoms with Crippen LogP contribution in [0.4, 0.5) is 32.3 Å². The summed E-state index contributed by atoms with van der Waals surface area (Å²) in [7, 11) is 0. The summed E-state index contributed by atoms with van der Waals surface area (Å²) in [5.74, 6) is -1.09. The van der Waals surface area contributed by atoms with Gasteiger partial charge in [0.25, 0.3) is 17.3 Å². The quantitative estimate of drug-likeness (QED) is 0.491. The van der Waals surface area contributed by atoms with Gasteiger partial charge in [0.15, 0.2) is 0 Å². The Balaban J connectivity index is 1.43. The largest absolute Gasteiger partial charge is 0.436 e. The van der Waals surface area contributed by atoms with Gasteiger partial charge in [-0.3, -0.25) is 9.59 Å². The van der Waals surface area contributed by atoms with E-state index >= 15 is 0 Å². The number of nitrogens with one attached hydrogen (secondary N) is 1. The number of ether oxygens (including phenoxy) is 1. The number of hydrogen-bond donors (Lipinski definition) is 1. The van der Waals surface area contributed by atoms with Crippen LogP contribution >= 0.6 is 11.6 Å². The minimum absolute atomic E-state index is 0.0581. The van der Waals surface area contributed by atoms with Crippen molar-refractivity contribution in [3.8, 4) is 11.6 Å². The lowest BCUT2D eigenvalue weighted by atomic mass is 10.1. The first-order valence-electron chi connectivity index (χ1n) is 10.4. The smallest absolute Gasteiger partial charge is 0.423 e. The van der Waals surface area contributed by atoms with E-state index < -0.39 is 45.8 Å². The Morgan fingerprint density at radius 2 is 1.65 bits per heavy atom. The predicted molar refractivity (Wildman–Crippen MR) is 117 cm³/mol. The van der Waals surface area contributed by atoms with Crippen LogP contribution in [0.1, 0.15) is 21.5 Å². The molecule has 1 N–H and O–H groups in total. The highest BCUT2D eigenvalue weighted by Gasteiger charge is 2.39. The third kappa shape index (κ3) is 5.76. The van der Waals surface area contributed by atoms with Crippen LogP contribution in [0.3, 0.4) is 0 Å². The van der Waals surface area contributed by atoms with E-state index in [1.165, 1.54) is 29.2 Å². The molecule has 1 aromatic carbocycles. The van der Waals surface area contributed by atoms with Crippen molar-refractivity contribution in [1.29, 1.82) is 0 Å². The topological polar surface area (TPSA) is 104 Å². The minimum atomic E-state index is -5.04. The number of halogens is 7. The molecule has 0 bridgehead atoms. The van der Waals surface area contributed by atoms with Gasteiger partial charge in [-0.15, -0.1) is 5.10 Å². The molecule has 1 fully saturated rings. The Kier molecular flexibility index (Phi) is 6.99. The lowest BCUT2D eigenvalue weighted by Gasteiger charge is -2.34. The van der Waals surface area contributed by atoms with Crippen LogP contribution in [0.25, 0.3) is 0 Å². The van der Waals surface area contributed by atoms with Crippen molar-refractivity contribution in [2.45, 2.75) is 12.4 Å². The number of hydrogen-bond acceptors (Lipinski definition) is 7. The fourth-order valence-electron chi connectivity index (χ4n) is 3.46. The van der Waals surface area contributed by atoms with Crippen LogP contribution in [0.15, 0.2) is 41.5 Å². The second-order valence-corrected chi connectivity index (χ2v) is 8.10. The van der Waals surface area contributed by atoms with Crippen molar-refractivity contribution in [3.05, 3.63) is 68.7 Å². The summed E-state index contributed by atoms with van der Waals surface area (Å²) < 4.78 is 82.7. The molecule has 2 aromatic heterocycles. The number of nitrogens with zero attached hydrogens (tertiary/aromatic N) is 5. The molecule has 1 saturated heterocycles. The number of aromatic amines is 1. The molecule has 3 heterocycles. The molecule has 1 aliphatic heterocycles. The van der Waals surface area contributed by atoms with E-state index in [0.29, 0.717) is 12.4 Å². The molecule has 4 rings (SSSR count). The maximum atomic E-state index is 13.1. The summed E-state index contributed by atoms with van der Waals surface area (Å²) in [5, 5.41) is 4.04. The highest BCUT2D eigenvalue weighted by Crippen LogP contribution is 2.37. The first-order chi connectivity index (χ1) is 17.3. The van der Waals surface area contributed by atoms with E-state index in [1.807, 2.05) is 0 Å². The zero-order valence-electron chi connectivity index (χ0n) is 18.4. The summed E-state index contributed by atoms with van der Waals surface area (Å²) in [5.41, 5.74) is -4.02. The summed E-state index contributed by atoms with van der Waals surface area (Å²) >= 11 is 5.69. The Bertz CT molecular complexity index is 1350. The molecule has 9 nitrogen and oxygen atoms in total. The first-order valence-corrected chi connectivity index (χ1v) is 10.8. The number of carbonyl (C=O) groups excluding carboxylic acids is 1. The van der Waals surface area contributed by atoms with Crippen LogP contribution in [-0.2, 0) is 12.4 Å². The van der Waals surface area contributed by atoms with Gasteiger partial charge in [0.05, 0.1) is 5.56 Å². The molecule has 0 atom stereocenters. The van der Waals surface area contributed by atoms with Gasteiger partial charge < -0.3 is 14.5 Å². The molecule has 1 amide bonds. The van der Waals surface area contributed by atoms with Crippen molar-refractivity contribution < 1.29 is 35.9 Å². The number of benzene rings is 1. The Morgan fingerprint density at radius 3 is 2.24 bits per heavy atom. The van der Waals surface area contributed by atoms with Crippen molar-refractivity contribution in [3.63, 3.8) is 0 Å². The van der Waals surface area contributed by atoms with E-state index in [1.54, 1.807) is 10.00 Å². The fraction of sp³-hybridized carbons (Fsp3) is 0.286. The number of aromatic nitrogens is 4. The van der Waals surface area contributed by atoms with Crippen molar-refractivity contribution in [2.75, 3.05) is 31.1 Å². The third-order valence-corrected chi connectivity index (χ3v) is 5.64. The monoisotopic (exact) mass is 548 g/mol. The number of carbonyl (C=O) groups is 1. The molecule has 0 aliphatic carbocycles. The third-order valence-electron chi connectivity index (χ3n) is 5.29. The minimum Gasteiger partial charge on any atom is -0.436 e. The van der Waals surface area contributed by atoms with E-state index in [-0.39, 0.29) is 43.4 Å². The summed E-state index contributed by atoms with van der Waals surface area (Å²) in [4.78, 5) is 35.1. The molecule has 0 radical (unpaired) electrons. The van der Waals surface area contributed by atoms with Crippen molar-refractivity contribution >= 4 is 23.5 Å². The highest BCUT2D eigenvalue weighted by molar-refractivity contribution is 6.32. The number of piperazine rings is 1. The van der Waals surface area contributed by atoms with Crippen molar-refractivity contribution in [2.24, 2.45) is 0 Å². The van der Waals surface area contributed by atoms with Gasteiger partial charge in [0.1, 0.15) is 16.3 Å². The molecule has 37 heavy (non-hydrogen) atoms. The average Bonchev–Trinajstić information content (AvgIpc) is 2.84. The highest BCUT2D eigenvalue weighted by atomic mass is 35.5. The van der Waals surface area contributed by atoms with Crippen LogP contribution in [0.5, 0.6) is 11.6 Å². The van der Waals surface area contributed by atoms with Gasteiger partial charge in [-0.2, -0.15) is 26.3 Å². The lowest BCUT2D eigenvalue weighted by molar-refractivity contribution is -0.139. The number of amides is 1. The zero-order chi connectivity index (χ0) is 27.0. The fourth-order valence-corrected chi connectivity index (χ4v) is 3.73. The van der Waals surface area contributed by atoms with Gasteiger partial charge in [-0.05, 0) is 18.2 Å². The van der Waals surface area contributed by atoms with Crippen LogP contribution in [-0.4, -0.2) is 57.2 Å². The van der Waals surface area contributed by atoms with Crippen molar-refractivity contribution in [1.82, 2.24) is 25.1 Å². The van der Waals surface area contributed by atoms with Crippen LogP contribution in [0.2, 0.25) is 5.02 Å². The molecule has 0 saturated carbocycles. The number of H-pyrrole nitrogens is 1. The standard InChI is InChI=1S/C21H15ClF6N6O3/c22-15-14(21(26,27)28)16(35)31-32-17(15)37-13-3-1-2-11(8-13)18(36)33-4-6-34(7-5-33)19-29-9-12(10-30-19)20(23,24)25/h1-3,8-10H,4-7H2,(H,31,35). The second kappa shape index (κ2) is 9.88. The van der Waals surface area contributed by atoms with Gasteiger partial charge in [0.2, 0.25) is 5.95 Å². The Morgan fingerprint density at radius 1 is 1.00 bits per heavy atom. The van der Waals surface area contributed by atoms with Gasteiger partial charge in [-0.1, -0.05) is 17.7 Å². The average molecular weight is 549 g/mol. The SMILES string of the molecule is O=C(c1cccc(Oc2n[nH]c(=O)c(C(F)(F)F)c2Cl)c1)N1CCN(c2ncc(C(F)(F)F)cn2)CC1. The summed E-state index contributed by atoms with van der Waals surface area (Å²) in [6.07, 6.45) is -8.22. The van der Waals surface area contributed by atoms with Gasteiger partial charge >= 0.3 is 12.4 Å². The zero-order valence-corrected chi connectivity index (χ0v) is 19.2. The Hall–Kier alpha value is -3.88. The first kappa shape index (κ1) is 26.2. The lowest BCUT2D eigenvalue weighted by Crippen LogP contribution is -2.49. The maximum absolute atomic E-state index is 13.1. The Labute approximate surface area is 208 Å². The molecule has 3 aromatic rings. The predicted octanol–water partition coefficient (Wildman–Crippen LogP) is 4.01. The molecular formula is C21H15ClF6N6O3. The van der Waals surface area contributed by atoms with Gasteiger partial charge in [0, 0.05) is 44.1 Å². The summed E-state index contributed by atoms with van der Waals surface area (Å²) in [6, 6.07) is 5.51. The normalized spacial score (nSPS) is 14.6. The molecule has 16 heteroatoms. The molecule has 0 spiro atoms. The van der Waals surface area contributed by atoms with E-state index in [4.69, 9.17) is 16.3 Å². The van der Waals surface area contributed by atoms with E-state index in [0.717, 1.165) is 0 Å². The van der Waals surface area contributed by atoms with E-state index in [9.17, 15) is 35.9 Å². The summed E-state index contributed by atoms with van der Waals surface area (Å²) in [6.45, 7) is 0.919. The van der Waals surface area contributed by atoms with E-state index in [2.05, 4.69) is 15.1 Å². The van der Waals surface area contributed by atoms with Gasteiger partial charge in [-0.25, -0.2) is 15.1 Å². The molecule has 1 aliphatic rings. The molecule has 196 valence electrons. The number of anilines is 1. The second-order valence-electron chi connectivity index (χ2n) is 7.72. The molecular weight excluding hydrogens is 534 g/mol. The molecule has 0 unspecified atom stereocenters. The van der Waals surface area contributed by atoms with Crippen LogP contribution < -0.4 is 15.2 Å². The maximum Gasteiger partial charge on any atom is 0.423 e. The number of alkyl halides is 6.